The van der Waals surface area contributed by atoms with Gasteiger partial charge in [0.1, 0.15) is 6.04 Å². The van der Waals surface area contributed by atoms with Crippen molar-refractivity contribution >= 4 is 5.91 Å². The summed E-state index contributed by atoms with van der Waals surface area (Å²) < 4.78 is 10.7. The monoisotopic (exact) mass is 331 g/mol. The molecule has 128 valence electrons. The molecule has 24 heavy (non-hydrogen) atoms. The number of carbonyl (C=O) groups excluding carboxylic acids is 1. The Morgan fingerprint density at radius 3 is 2.88 bits per heavy atom. The Labute approximate surface area is 140 Å². The van der Waals surface area contributed by atoms with Crippen LogP contribution in [0.4, 0.5) is 0 Å². The first-order valence-electron chi connectivity index (χ1n) is 8.07. The molecule has 0 radical (unpaired) electrons. The van der Waals surface area contributed by atoms with Crippen molar-refractivity contribution in [2.24, 2.45) is 10.2 Å². The number of aryl methyl sites for hydroxylation is 1. The summed E-state index contributed by atoms with van der Waals surface area (Å²) in [5.74, 6) is 3.63. The van der Waals surface area contributed by atoms with E-state index in [1.54, 1.807) is 18.9 Å². The van der Waals surface area contributed by atoms with Gasteiger partial charge in [0.25, 0.3) is 0 Å². The van der Waals surface area contributed by atoms with Crippen LogP contribution in [-0.2, 0) is 9.53 Å². The van der Waals surface area contributed by atoms with Crippen LogP contribution in [0.2, 0.25) is 0 Å². The molecule has 0 spiro atoms. The summed E-state index contributed by atoms with van der Waals surface area (Å²) in [6.07, 6.45) is 8.16. The topological polar surface area (TPSA) is 93.2 Å². The highest BCUT2D eigenvalue weighted by Gasteiger charge is 2.43. The Bertz CT molecular complexity index is 671. The molecular weight excluding hydrogens is 310 g/mol. The quantitative estimate of drug-likeness (QED) is 0.713. The van der Waals surface area contributed by atoms with E-state index in [-0.39, 0.29) is 18.1 Å². The van der Waals surface area contributed by atoms with Crippen molar-refractivity contribution in [2.45, 2.75) is 56.8 Å². The third-order valence-corrected chi connectivity index (χ3v) is 4.54. The van der Waals surface area contributed by atoms with Crippen molar-refractivity contribution in [3.8, 4) is 12.3 Å². The number of aromatic nitrogens is 2. The number of nitrogens with zero attached hydrogens (tertiary/aromatic N) is 5. The van der Waals surface area contributed by atoms with Crippen LogP contribution in [0.1, 0.15) is 49.9 Å². The van der Waals surface area contributed by atoms with E-state index in [9.17, 15) is 4.79 Å². The molecule has 1 amide bonds. The highest BCUT2D eigenvalue weighted by Crippen LogP contribution is 2.39. The van der Waals surface area contributed by atoms with Crippen LogP contribution in [0.25, 0.3) is 0 Å². The lowest BCUT2D eigenvalue weighted by Gasteiger charge is -2.22. The third-order valence-electron chi connectivity index (χ3n) is 4.54. The summed E-state index contributed by atoms with van der Waals surface area (Å²) in [6, 6.07) is -0.238. The Morgan fingerprint density at radius 1 is 1.50 bits per heavy atom. The number of rotatable bonds is 7. The molecule has 1 fully saturated rings. The molecule has 0 saturated carbocycles. The van der Waals surface area contributed by atoms with Crippen molar-refractivity contribution in [1.82, 2.24) is 15.0 Å². The van der Waals surface area contributed by atoms with Gasteiger partial charge in [-0.1, -0.05) is 5.16 Å². The summed E-state index contributed by atoms with van der Waals surface area (Å²) in [6.45, 7) is 2.28. The molecule has 0 unspecified atom stereocenters. The zero-order valence-electron chi connectivity index (χ0n) is 13.9. The van der Waals surface area contributed by atoms with Crippen LogP contribution in [0, 0.1) is 19.3 Å². The number of amides is 1. The van der Waals surface area contributed by atoms with Gasteiger partial charge in [0.2, 0.25) is 11.8 Å². The number of terminal acetylenes is 1. The second-order valence-corrected chi connectivity index (χ2v) is 6.22. The first-order valence-corrected chi connectivity index (χ1v) is 8.07. The van der Waals surface area contributed by atoms with Gasteiger partial charge in [0, 0.05) is 45.8 Å². The maximum absolute atomic E-state index is 12.7. The van der Waals surface area contributed by atoms with E-state index in [0.717, 1.165) is 0 Å². The number of hydrogen-bond acceptors (Lipinski definition) is 7. The highest BCUT2D eigenvalue weighted by atomic mass is 16.5. The van der Waals surface area contributed by atoms with Gasteiger partial charge in [-0.05, 0) is 6.92 Å². The number of hydrogen-bond donors (Lipinski definition) is 0. The second-order valence-electron chi connectivity index (χ2n) is 6.22. The number of ether oxygens (including phenoxy) is 1. The summed E-state index contributed by atoms with van der Waals surface area (Å²) in [5, 5.41) is 12.0. The van der Waals surface area contributed by atoms with Gasteiger partial charge in [0.15, 0.2) is 11.5 Å². The highest BCUT2D eigenvalue weighted by molar-refractivity contribution is 5.77. The van der Waals surface area contributed by atoms with E-state index >= 15 is 0 Å². The zero-order chi connectivity index (χ0) is 17.2. The smallest absolute Gasteiger partial charge is 0.249 e. The predicted octanol–water partition coefficient (Wildman–Crippen LogP) is 2.02. The second kappa shape index (κ2) is 6.69. The molecule has 8 heteroatoms. The molecule has 1 aromatic rings. The normalized spacial score (nSPS) is 24.1. The van der Waals surface area contributed by atoms with Crippen LogP contribution in [0.5, 0.6) is 0 Å². The minimum absolute atomic E-state index is 0.0211. The Morgan fingerprint density at radius 2 is 2.29 bits per heavy atom. The molecule has 0 aromatic carbocycles. The standard InChI is InChI=1S/C16H21N5O3/c1-4-5-7-16(19-20-16)8-6-14(22)21-10-12(23-3)9-13(21)15-17-11(2)18-24-15/h1,12-13H,5-10H2,2-3H3/t12-,13+/m0/s1. The summed E-state index contributed by atoms with van der Waals surface area (Å²) >= 11 is 0. The van der Waals surface area contributed by atoms with Crippen LogP contribution in [-0.4, -0.2) is 46.4 Å². The molecule has 3 heterocycles. The molecule has 3 rings (SSSR count). The SMILES string of the molecule is C#CCCC1(CCC(=O)N2C[C@@H](OC)C[C@@H]2c2nc(C)no2)N=N1. The lowest BCUT2D eigenvalue weighted by Crippen LogP contribution is -2.33. The average Bonchev–Trinajstić information content (AvgIpc) is 3.01. The van der Waals surface area contributed by atoms with Gasteiger partial charge in [-0.15, -0.1) is 12.3 Å². The van der Waals surface area contributed by atoms with Crippen molar-refractivity contribution in [3.05, 3.63) is 11.7 Å². The Hall–Kier alpha value is -2.27. The maximum Gasteiger partial charge on any atom is 0.249 e. The third kappa shape index (κ3) is 3.46. The van der Waals surface area contributed by atoms with E-state index in [1.165, 1.54) is 0 Å². The summed E-state index contributed by atoms with van der Waals surface area (Å²) in [7, 11) is 1.64. The zero-order valence-corrected chi connectivity index (χ0v) is 13.9. The van der Waals surface area contributed by atoms with Gasteiger partial charge in [-0.3, -0.25) is 4.79 Å². The number of carbonyl (C=O) groups is 1. The van der Waals surface area contributed by atoms with Crippen LogP contribution in [0.3, 0.4) is 0 Å². The van der Waals surface area contributed by atoms with Crippen LogP contribution < -0.4 is 0 Å². The molecule has 1 aromatic heterocycles. The predicted molar refractivity (Wildman–Crippen MR) is 83.8 cm³/mol. The molecule has 2 aliphatic rings. The Balaban J connectivity index is 1.62. The maximum atomic E-state index is 12.7. The molecule has 2 atom stereocenters. The van der Waals surface area contributed by atoms with Crippen molar-refractivity contribution < 1.29 is 14.1 Å². The van der Waals surface area contributed by atoms with Crippen LogP contribution >= 0.6 is 0 Å². The molecule has 1 saturated heterocycles. The van der Waals surface area contributed by atoms with Gasteiger partial charge >= 0.3 is 0 Å². The minimum atomic E-state index is -0.445. The fraction of sp³-hybridized carbons (Fsp3) is 0.688. The molecule has 0 aliphatic carbocycles. The lowest BCUT2D eigenvalue weighted by molar-refractivity contribution is -0.133. The van der Waals surface area contributed by atoms with Gasteiger partial charge in [-0.2, -0.15) is 15.2 Å². The largest absolute Gasteiger partial charge is 0.380 e. The molecule has 8 nitrogen and oxygen atoms in total. The van der Waals surface area contributed by atoms with Crippen molar-refractivity contribution in [1.29, 1.82) is 0 Å². The van der Waals surface area contributed by atoms with E-state index < -0.39 is 5.66 Å². The minimum Gasteiger partial charge on any atom is -0.380 e. The Kier molecular flexibility index (Phi) is 4.62. The number of likely N-dealkylation sites (tertiary alicyclic amines) is 1. The molecule has 0 N–H and O–H groups in total. The summed E-state index contributed by atoms with van der Waals surface area (Å²) in [5.41, 5.74) is -0.445. The van der Waals surface area contributed by atoms with Gasteiger partial charge in [-0.25, -0.2) is 0 Å². The fourth-order valence-electron chi connectivity index (χ4n) is 3.05. The van der Waals surface area contributed by atoms with Gasteiger partial charge in [0.05, 0.1) is 6.10 Å². The molecule has 0 bridgehead atoms. The van der Waals surface area contributed by atoms with Crippen LogP contribution in [0.15, 0.2) is 14.8 Å². The van der Waals surface area contributed by atoms with E-state index in [0.29, 0.717) is 50.4 Å². The average molecular weight is 331 g/mol. The lowest BCUT2D eigenvalue weighted by atomic mass is 10.0. The van der Waals surface area contributed by atoms with E-state index in [1.807, 2.05) is 0 Å². The number of methoxy groups -OCH3 is 1. The first kappa shape index (κ1) is 16.6. The van der Waals surface area contributed by atoms with E-state index in [2.05, 4.69) is 26.3 Å². The summed E-state index contributed by atoms with van der Waals surface area (Å²) in [4.78, 5) is 18.7. The molecule has 2 aliphatic heterocycles. The van der Waals surface area contributed by atoms with Gasteiger partial charge < -0.3 is 14.2 Å². The van der Waals surface area contributed by atoms with E-state index in [4.69, 9.17) is 15.7 Å². The molecular formula is C16H21N5O3. The van der Waals surface area contributed by atoms with Crippen molar-refractivity contribution in [2.75, 3.05) is 13.7 Å². The first-order chi connectivity index (χ1) is 11.6. The van der Waals surface area contributed by atoms with Crippen molar-refractivity contribution in [3.63, 3.8) is 0 Å². The fourth-order valence-corrected chi connectivity index (χ4v) is 3.05.